The van der Waals surface area contributed by atoms with Crippen molar-refractivity contribution < 1.29 is 22.4 Å². The monoisotopic (exact) mass is 543 g/mol. The number of benzene rings is 2. The Balaban J connectivity index is 2.18. The summed E-state index contributed by atoms with van der Waals surface area (Å²) in [7, 11) is 0.870. The van der Waals surface area contributed by atoms with E-state index in [4.69, 9.17) is 9.15 Å². The van der Waals surface area contributed by atoms with E-state index < -0.39 is 10.0 Å². The van der Waals surface area contributed by atoms with Crippen LogP contribution in [0, 0.1) is 0 Å². The Kier molecular flexibility index (Phi) is 6.24. The maximum atomic E-state index is 13.3. The van der Waals surface area contributed by atoms with Crippen LogP contribution in [0.5, 0.6) is 5.75 Å². The first-order valence-corrected chi connectivity index (χ1v) is 11.7. The van der Waals surface area contributed by atoms with Crippen molar-refractivity contribution in [2.75, 3.05) is 21.2 Å². The van der Waals surface area contributed by atoms with Gasteiger partial charge in [0.05, 0.1) is 26.5 Å². The number of hydrogen-bond acceptors (Lipinski definition) is 5. The number of nitrogens with zero attached hydrogens (tertiary/aromatic N) is 1. The van der Waals surface area contributed by atoms with E-state index >= 15 is 0 Å². The molecule has 2 aromatic carbocycles. The second-order valence-corrected chi connectivity index (χ2v) is 10.4. The van der Waals surface area contributed by atoms with E-state index in [-0.39, 0.29) is 10.7 Å². The van der Waals surface area contributed by atoms with E-state index in [9.17, 15) is 13.2 Å². The highest BCUT2D eigenvalue weighted by Gasteiger charge is 2.25. The molecular weight excluding hydrogens is 526 g/mol. The van der Waals surface area contributed by atoms with E-state index in [1.807, 2.05) is 6.92 Å². The van der Waals surface area contributed by atoms with Crippen LogP contribution in [-0.2, 0) is 16.4 Å². The minimum Gasteiger partial charge on any atom is -0.494 e. The van der Waals surface area contributed by atoms with Gasteiger partial charge in [0.25, 0.3) is 0 Å². The number of sulfonamides is 1. The largest absolute Gasteiger partial charge is 0.494 e. The second-order valence-electron chi connectivity index (χ2n) is 6.50. The lowest BCUT2D eigenvalue weighted by molar-refractivity contribution is 0.103. The first-order valence-electron chi connectivity index (χ1n) is 8.67. The molecule has 6 nitrogen and oxygen atoms in total. The summed E-state index contributed by atoms with van der Waals surface area (Å²) in [6, 6.07) is 7.95. The van der Waals surface area contributed by atoms with Crippen molar-refractivity contribution in [2.24, 2.45) is 0 Å². The third kappa shape index (κ3) is 3.88. The highest BCUT2D eigenvalue weighted by molar-refractivity contribution is 9.11. The lowest BCUT2D eigenvalue weighted by Gasteiger charge is -2.11. The van der Waals surface area contributed by atoms with Crippen molar-refractivity contribution in [3.05, 3.63) is 56.2 Å². The van der Waals surface area contributed by atoms with Crippen LogP contribution in [0.2, 0.25) is 0 Å². The van der Waals surface area contributed by atoms with Gasteiger partial charge in [-0.05, 0) is 56.1 Å². The molecule has 0 aliphatic carbocycles. The van der Waals surface area contributed by atoms with Gasteiger partial charge in [-0.25, -0.2) is 12.7 Å². The van der Waals surface area contributed by atoms with Crippen LogP contribution in [0.3, 0.4) is 0 Å². The van der Waals surface area contributed by atoms with Crippen LogP contribution in [0.15, 0.2) is 48.6 Å². The highest BCUT2D eigenvalue weighted by atomic mass is 79.9. The van der Waals surface area contributed by atoms with Crippen LogP contribution in [0.1, 0.15) is 28.6 Å². The third-order valence-electron chi connectivity index (χ3n) is 4.53. The zero-order valence-corrected chi connectivity index (χ0v) is 20.2. The molecule has 0 saturated heterocycles. The molecule has 0 fully saturated rings. The molecule has 1 heterocycles. The number of hydrogen-bond donors (Lipinski definition) is 0. The molecular formula is C20H19Br2NO5S. The van der Waals surface area contributed by atoms with E-state index in [2.05, 4.69) is 31.9 Å². The van der Waals surface area contributed by atoms with Crippen LogP contribution >= 0.6 is 31.9 Å². The maximum absolute atomic E-state index is 13.3. The molecule has 0 spiro atoms. The fourth-order valence-corrected chi connectivity index (χ4v) is 5.45. The minimum atomic E-state index is -3.61. The van der Waals surface area contributed by atoms with Gasteiger partial charge in [0.15, 0.2) is 5.78 Å². The summed E-state index contributed by atoms with van der Waals surface area (Å²) < 4.78 is 38.4. The quantitative estimate of drug-likeness (QED) is 0.408. The molecule has 0 saturated carbocycles. The Labute approximate surface area is 186 Å². The molecule has 0 radical (unpaired) electrons. The Morgan fingerprint density at radius 1 is 1.14 bits per heavy atom. The van der Waals surface area contributed by atoms with E-state index in [0.717, 1.165) is 4.31 Å². The molecule has 9 heteroatoms. The number of carbonyl (C=O) groups is 1. The summed E-state index contributed by atoms with van der Waals surface area (Å²) in [6.07, 6.45) is 0.490. The summed E-state index contributed by atoms with van der Waals surface area (Å²) in [4.78, 5) is 13.4. The summed E-state index contributed by atoms with van der Waals surface area (Å²) in [5.41, 5.74) is 1.24. The SMILES string of the molecule is CCc1oc2cc(S(=O)(=O)N(C)C)ccc2c1C(=O)c1cc(Br)c(OC)c(Br)c1. The van der Waals surface area contributed by atoms with Crippen molar-refractivity contribution in [3.63, 3.8) is 0 Å². The summed E-state index contributed by atoms with van der Waals surface area (Å²) in [6.45, 7) is 1.88. The van der Waals surface area contributed by atoms with Gasteiger partial charge in [-0.2, -0.15) is 0 Å². The Morgan fingerprint density at radius 3 is 2.28 bits per heavy atom. The summed E-state index contributed by atoms with van der Waals surface area (Å²) in [5.74, 6) is 0.883. The molecule has 0 aliphatic heterocycles. The molecule has 0 aliphatic rings. The number of rotatable bonds is 6. The van der Waals surface area contributed by atoms with Crippen molar-refractivity contribution in [1.29, 1.82) is 0 Å². The average Bonchev–Trinajstić information content (AvgIpc) is 3.04. The average molecular weight is 545 g/mol. The van der Waals surface area contributed by atoms with Gasteiger partial charge in [0, 0.05) is 37.5 Å². The number of halogens is 2. The van der Waals surface area contributed by atoms with Gasteiger partial charge >= 0.3 is 0 Å². The van der Waals surface area contributed by atoms with Gasteiger partial charge in [-0.3, -0.25) is 4.79 Å². The number of ether oxygens (including phenoxy) is 1. The lowest BCUT2D eigenvalue weighted by Crippen LogP contribution is -2.22. The van der Waals surface area contributed by atoms with Gasteiger partial charge < -0.3 is 9.15 Å². The summed E-state index contributed by atoms with van der Waals surface area (Å²) >= 11 is 6.84. The molecule has 3 aromatic rings. The van der Waals surface area contributed by atoms with Crippen molar-refractivity contribution in [1.82, 2.24) is 4.31 Å². The smallest absolute Gasteiger partial charge is 0.242 e. The standard InChI is InChI=1S/C20H19Br2NO5S/c1-5-16-18(19(24)11-8-14(21)20(27-4)15(22)9-11)13-7-6-12(10-17(13)28-16)29(25,26)23(2)3/h6-10H,5H2,1-4H3. The van der Waals surface area contributed by atoms with Gasteiger partial charge in [-0.15, -0.1) is 0 Å². The Morgan fingerprint density at radius 2 is 1.76 bits per heavy atom. The summed E-state index contributed by atoms with van der Waals surface area (Å²) in [5, 5.41) is 0.576. The molecule has 3 rings (SSSR count). The number of carbonyl (C=O) groups excluding carboxylic acids is 1. The van der Waals surface area contributed by atoms with Crippen molar-refractivity contribution in [2.45, 2.75) is 18.2 Å². The topological polar surface area (TPSA) is 76.8 Å². The zero-order valence-electron chi connectivity index (χ0n) is 16.2. The fourth-order valence-electron chi connectivity index (χ4n) is 3.03. The second kappa shape index (κ2) is 8.22. The van der Waals surface area contributed by atoms with Crippen LogP contribution in [0.4, 0.5) is 0 Å². The van der Waals surface area contributed by atoms with E-state index in [1.54, 1.807) is 25.3 Å². The number of furan rings is 1. The first kappa shape index (κ1) is 22.0. The first-order chi connectivity index (χ1) is 13.6. The molecule has 0 unspecified atom stereocenters. The maximum Gasteiger partial charge on any atom is 0.242 e. The van der Waals surface area contributed by atoms with Gasteiger partial charge in [-0.1, -0.05) is 6.92 Å². The van der Waals surface area contributed by atoms with Crippen LogP contribution in [0.25, 0.3) is 11.0 Å². The number of aryl methyl sites for hydroxylation is 1. The Bertz CT molecular complexity index is 1190. The highest BCUT2D eigenvalue weighted by Crippen LogP contribution is 2.37. The molecule has 0 amide bonds. The number of methoxy groups -OCH3 is 1. The van der Waals surface area contributed by atoms with Crippen LogP contribution in [-0.4, -0.2) is 39.7 Å². The molecule has 1 aromatic heterocycles. The third-order valence-corrected chi connectivity index (χ3v) is 7.51. The molecule has 0 atom stereocenters. The normalized spacial score (nSPS) is 12.0. The predicted molar refractivity (Wildman–Crippen MR) is 118 cm³/mol. The van der Waals surface area contributed by atoms with Crippen molar-refractivity contribution in [3.8, 4) is 5.75 Å². The minimum absolute atomic E-state index is 0.111. The van der Waals surface area contributed by atoms with E-state index in [1.165, 1.54) is 26.2 Å². The number of ketones is 1. The van der Waals surface area contributed by atoms with Gasteiger partial charge in [0.2, 0.25) is 10.0 Å². The van der Waals surface area contributed by atoms with Crippen molar-refractivity contribution >= 4 is 58.6 Å². The predicted octanol–water partition coefficient (Wildman–Crippen LogP) is 5.01. The van der Waals surface area contributed by atoms with Crippen LogP contribution < -0.4 is 4.74 Å². The molecule has 0 N–H and O–H groups in total. The zero-order chi connectivity index (χ0) is 21.5. The molecule has 29 heavy (non-hydrogen) atoms. The van der Waals surface area contributed by atoms with E-state index in [0.29, 0.717) is 49.0 Å². The lowest BCUT2D eigenvalue weighted by atomic mass is 9.99. The number of fused-ring (bicyclic) bond motifs is 1. The Hall–Kier alpha value is -1.68. The fraction of sp³-hybridized carbons (Fsp3) is 0.250. The molecule has 0 bridgehead atoms. The molecule has 154 valence electrons. The van der Waals surface area contributed by atoms with Gasteiger partial charge in [0.1, 0.15) is 17.1 Å².